The molecule has 148 valence electrons. The van der Waals surface area contributed by atoms with Crippen LogP contribution in [-0.2, 0) is 22.5 Å². The fourth-order valence-corrected chi connectivity index (χ4v) is 3.74. The highest BCUT2D eigenvalue weighted by Crippen LogP contribution is 2.33. The highest BCUT2D eigenvalue weighted by molar-refractivity contribution is 5.76. The van der Waals surface area contributed by atoms with Crippen molar-refractivity contribution in [2.45, 2.75) is 39.2 Å². The number of aryl methyl sites for hydroxylation is 1. The number of carbonyl (C=O) groups excluding carboxylic acids is 1. The molecule has 0 saturated heterocycles. The van der Waals surface area contributed by atoms with Crippen LogP contribution in [0.1, 0.15) is 41.5 Å². The highest BCUT2D eigenvalue weighted by atomic mass is 16.5. The van der Waals surface area contributed by atoms with Crippen LogP contribution in [0.25, 0.3) is 0 Å². The van der Waals surface area contributed by atoms with Gasteiger partial charge < -0.3 is 14.4 Å². The van der Waals surface area contributed by atoms with Crippen molar-refractivity contribution in [2.24, 2.45) is 5.92 Å². The third-order valence-electron chi connectivity index (χ3n) is 5.48. The smallest absolute Gasteiger partial charge is 0.223 e. The Morgan fingerprint density at radius 1 is 1.07 bits per heavy atom. The van der Waals surface area contributed by atoms with Gasteiger partial charge >= 0.3 is 0 Å². The van der Waals surface area contributed by atoms with Crippen molar-refractivity contribution < 1.29 is 14.3 Å². The van der Waals surface area contributed by atoms with Crippen LogP contribution in [0.3, 0.4) is 0 Å². The van der Waals surface area contributed by atoms with E-state index in [4.69, 9.17) is 9.47 Å². The normalized spacial score (nSPS) is 18.0. The first-order valence-electron chi connectivity index (χ1n) is 10.3. The van der Waals surface area contributed by atoms with E-state index < -0.39 is 0 Å². The molecule has 28 heavy (non-hydrogen) atoms. The van der Waals surface area contributed by atoms with Crippen molar-refractivity contribution in [3.8, 4) is 5.75 Å². The molecule has 4 heteroatoms. The van der Waals surface area contributed by atoms with Crippen molar-refractivity contribution in [1.29, 1.82) is 0 Å². The van der Waals surface area contributed by atoms with Gasteiger partial charge in [0.25, 0.3) is 0 Å². The fourth-order valence-electron chi connectivity index (χ4n) is 3.74. The van der Waals surface area contributed by atoms with E-state index in [2.05, 4.69) is 49.4 Å². The largest absolute Gasteiger partial charge is 0.491 e. The molecule has 0 unspecified atom stereocenters. The second-order valence-corrected chi connectivity index (χ2v) is 8.03. The van der Waals surface area contributed by atoms with E-state index in [1.807, 2.05) is 4.90 Å². The minimum absolute atomic E-state index is 0.251. The summed E-state index contributed by atoms with van der Waals surface area (Å²) in [4.78, 5) is 14.7. The fraction of sp³-hybridized carbons (Fsp3) is 0.458. The summed E-state index contributed by atoms with van der Waals surface area (Å²) in [5, 5.41) is 0. The summed E-state index contributed by atoms with van der Waals surface area (Å²) in [5.74, 6) is 1.78. The van der Waals surface area contributed by atoms with Gasteiger partial charge in [0.1, 0.15) is 12.4 Å². The van der Waals surface area contributed by atoms with Crippen molar-refractivity contribution in [1.82, 2.24) is 4.90 Å². The van der Waals surface area contributed by atoms with Crippen molar-refractivity contribution in [3.63, 3.8) is 0 Å². The first-order valence-corrected chi connectivity index (χ1v) is 10.3. The summed E-state index contributed by atoms with van der Waals surface area (Å²) in [6, 6.07) is 14.9. The molecule has 0 radical (unpaired) electrons. The summed E-state index contributed by atoms with van der Waals surface area (Å²) in [7, 11) is 0. The van der Waals surface area contributed by atoms with Gasteiger partial charge in [0.2, 0.25) is 5.91 Å². The maximum Gasteiger partial charge on any atom is 0.223 e. The van der Waals surface area contributed by atoms with Gasteiger partial charge in [-0.15, -0.1) is 0 Å². The zero-order valence-corrected chi connectivity index (χ0v) is 16.7. The Hall–Kier alpha value is -2.33. The first-order chi connectivity index (χ1) is 13.7. The molecule has 2 aromatic rings. The Labute approximate surface area is 167 Å². The molecule has 1 aliphatic carbocycles. The molecule has 0 aromatic heterocycles. The summed E-state index contributed by atoms with van der Waals surface area (Å²) in [6.07, 6.45) is 3.89. The molecule has 1 amide bonds. The van der Waals surface area contributed by atoms with E-state index in [1.54, 1.807) is 0 Å². The van der Waals surface area contributed by atoms with E-state index in [0.29, 0.717) is 45.2 Å². The number of fused-ring (bicyclic) bond motifs is 3. The lowest BCUT2D eigenvalue weighted by Gasteiger charge is -2.24. The third kappa shape index (κ3) is 5.14. The zero-order valence-electron chi connectivity index (χ0n) is 16.7. The number of benzene rings is 2. The molecule has 0 spiro atoms. The first kappa shape index (κ1) is 19.0. The Morgan fingerprint density at radius 3 is 2.79 bits per heavy atom. The second kappa shape index (κ2) is 8.78. The van der Waals surface area contributed by atoms with Gasteiger partial charge in [0, 0.05) is 25.9 Å². The lowest BCUT2D eigenvalue weighted by molar-refractivity contribution is -0.133. The lowest BCUT2D eigenvalue weighted by atomic mass is 10.00. The molecule has 1 aliphatic heterocycles. The van der Waals surface area contributed by atoms with E-state index in [-0.39, 0.29) is 5.91 Å². The van der Waals surface area contributed by atoms with Crippen molar-refractivity contribution in [3.05, 3.63) is 64.7 Å². The minimum atomic E-state index is 0.251. The molecule has 2 aromatic carbocycles. The molecule has 4 nitrogen and oxygen atoms in total. The Kier molecular flexibility index (Phi) is 5.96. The van der Waals surface area contributed by atoms with E-state index in [0.717, 1.165) is 12.2 Å². The van der Waals surface area contributed by atoms with Crippen LogP contribution in [0.4, 0.5) is 0 Å². The standard InChI is InChI=1S/C24H29NO3/c1-18-5-8-23-22(13-18)15-20-3-2-4-21(14-20)17-25(9-10-27-11-12-28-23)24(26)16-19-6-7-19/h2-5,8,13-14,19H,6-7,9-12,15-17H2,1H3. The lowest BCUT2D eigenvalue weighted by Crippen LogP contribution is -2.34. The van der Waals surface area contributed by atoms with Gasteiger partial charge in [0.05, 0.1) is 13.2 Å². The Morgan fingerprint density at radius 2 is 1.93 bits per heavy atom. The van der Waals surface area contributed by atoms with E-state index in [1.165, 1.54) is 35.1 Å². The average Bonchev–Trinajstić information content (AvgIpc) is 3.48. The summed E-state index contributed by atoms with van der Waals surface area (Å²) in [5.41, 5.74) is 4.84. The number of hydrogen-bond acceptors (Lipinski definition) is 3. The molecule has 4 rings (SSSR count). The Bertz CT molecular complexity index is 828. The number of ether oxygens (including phenoxy) is 2. The zero-order chi connectivity index (χ0) is 19.3. The maximum absolute atomic E-state index is 12.7. The van der Waals surface area contributed by atoms with Gasteiger partial charge in [-0.25, -0.2) is 0 Å². The topological polar surface area (TPSA) is 38.8 Å². The second-order valence-electron chi connectivity index (χ2n) is 8.03. The maximum atomic E-state index is 12.7. The van der Waals surface area contributed by atoms with Gasteiger partial charge in [-0.1, -0.05) is 42.0 Å². The highest BCUT2D eigenvalue weighted by Gasteiger charge is 2.27. The monoisotopic (exact) mass is 379 g/mol. The SMILES string of the molecule is Cc1ccc2c(c1)Cc1cccc(c1)CN(C(=O)CC1CC1)CCOCCO2. The number of carbonyl (C=O) groups is 1. The van der Waals surface area contributed by atoms with Crippen LogP contribution >= 0.6 is 0 Å². The molecular weight excluding hydrogens is 350 g/mol. The molecule has 1 fully saturated rings. The average molecular weight is 380 g/mol. The summed E-state index contributed by atoms with van der Waals surface area (Å²) in [6.45, 7) is 4.98. The molecule has 2 bridgehead atoms. The predicted octanol–water partition coefficient (Wildman–Crippen LogP) is 4.12. The number of amides is 1. The summed E-state index contributed by atoms with van der Waals surface area (Å²) >= 11 is 0. The minimum Gasteiger partial charge on any atom is -0.491 e. The molecule has 1 heterocycles. The Balaban J connectivity index is 1.57. The summed E-state index contributed by atoms with van der Waals surface area (Å²) < 4.78 is 11.7. The molecule has 2 aliphatic rings. The van der Waals surface area contributed by atoms with Crippen LogP contribution in [0, 0.1) is 12.8 Å². The molecule has 0 N–H and O–H groups in total. The number of nitrogens with zero attached hydrogens (tertiary/aromatic N) is 1. The number of rotatable bonds is 2. The van der Waals surface area contributed by atoms with Crippen LogP contribution in [0.5, 0.6) is 5.75 Å². The van der Waals surface area contributed by atoms with Crippen LogP contribution in [0.2, 0.25) is 0 Å². The van der Waals surface area contributed by atoms with Crippen LogP contribution < -0.4 is 4.74 Å². The van der Waals surface area contributed by atoms with E-state index in [9.17, 15) is 4.79 Å². The van der Waals surface area contributed by atoms with Crippen molar-refractivity contribution >= 4 is 5.91 Å². The quantitative estimate of drug-likeness (QED) is 0.788. The van der Waals surface area contributed by atoms with E-state index >= 15 is 0 Å². The van der Waals surface area contributed by atoms with Crippen LogP contribution in [-0.4, -0.2) is 37.2 Å². The molecule has 0 atom stereocenters. The predicted molar refractivity (Wildman–Crippen MR) is 109 cm³/mol. The van der Waals surface area contributed by atoms with Gasteiger partial charge in [-0.3, -0.25) is 4.79 Å². The third-order valence-corrected chi connectivity index (χ3v) is 5.48. The van der Waals surface area contributed by atoms with Gasteiger partial charge in [-0.2, -0.15) is 0 Å². The van der Waals surface area contributed by atoms with Gasteiger partial charge in [-0.05, 0) is 48.4 Å². The molecule has 1 saturated carbocycles. The van der Waals surface area contributed by atoms with Crippen LogP contribution in [0.15, 0.2) is 42.5 Å². The van der Waals surface area contributed by atoms with Crippen molar-refractivity contribution in [2.75, 3.05) is 26.4 Å². The molecular formula is C24H29NO3. The number of hydrogen-bond donors (Lipinski definition) is 0. The van der Waals surface area contributed by atoms with Gasteiger partial charge in [0.15, 0.2) is 0 Å².